The van der Waals surface area contributed by atoms with E-state index >= 15 is 0 Å². The lowest BCUT2D eigenvalue weighted by molar-refractivity contribution is -0.138. The average Bonchev–Trinajstić information content (AvgIpc) is 3.32. The second kappa shape index (κ2) is 7.07. The maximum atomic E-state index is 12.7. The number of amides is 2. The molecule has 1 spiro atoms. The smallest absolute Gasteiger partial charge is 0.257 e. The van der Waals surface area contributed by atoms with Crippen molar-refractivity contribution in [2.45, 2.75) is 43.8 Å². The largest absolute Gasteiger partial charge is 0.484 e. The van der Waals surface area contributed by atoms with Gasteiger partial charge in [0.2, 0.25) is 5.91 Å². The maximum absolute atomic E-state index is 12.7. The summed E-state index contributed by atoms with van der Waals surface area (Å²) in [5, 5.41) is 3.03. The van der Waals surface area contributed by atoms with Gasteiger partial charge in [-0.3, -0.25) is 9.59 Å². The monoisotopic (exact) mass is 384 g/mol. The third-order valence-electron chi connectivity index (χ3n) is 7.20. The van der Waals surface area contributed by atoms with Crippen molar-refractivity contribution < 1.29 is 19.1 Å². The summed E-state index contributed by atoms with van der Waals surface area (Å²) in [7, 11) is 0. The number of carbonyl (C=O) groups excluding carboxylic acids is 2. The highest BCUT2D eigenvalue weighted by molar-refractivity contribution is 5.80. The minimum absolute atomic E-state index is 0.0182. The normalized spacial score (nSPS) is 33.4. The van der Waals surface area contributed by atoms with Crippen LogP contribution in [0, 0.1) is 17.8 Å². The van der Waals surface area contributed by atoms with Gasteiger partial charge in [0.15, 0.2) is 6.61 Å². The van der Waals surface area contributed by atoms with Gasteiger partial charge < -0.3 is 19.7 Å². The standard InChI is InChI=1S/C22H28N2O4/c25-20(13-27-16-7-2-1-3-8-16)23-11-17-18-12-24(21(26)15-5-4-6-15)14-22(18)10-9-19(17)28-22/h1-3,7-8,15,17-19H,4-6,9-14H2,(H,23,25)/t17-,18+,19+,22+/m0/s1. The predicted octanol–water partition coefficient (Wildman–Crippen LogP) is 1.99. The van der Waals surface area contributed by atoms with E-state index in [9.17, 15) is 9.59 Å². The summed E-state index contributed by atoms with van der Waals surface area (Å²) >= 11 is 0. The van der Waals surface area contributed by atoms with Gasteiger partial charge in [-0.1, -0.05) is 24.6 Å². The first-order chi connectivity index (χ1) is 13.6. The summed E-state index contributed by atoms with van der Waals surface area (Å²) in [6, 6.07) is 9.37. The molecule has 1 aromatic carbocycles. The van der Waals surface area contributed by atoms with Crippen LogP contribution < -0.4 is 10.1 Å². The highest BCUT2D eigenvalue weighted by Gasteiger charge is 2.63. The minimum atomic E-state index is -0.167. The zero-order chi connectivity index (χ0) is 19.1. The number of hydrogen-bond donors (Lipinski definition) is 1. The Hall–Kier alpha value is -2.08. The van der Waals surface area contributed by atoms with Crippen LogP contribution in [0.15, 0.2) is 30.3 Å². The Labute approximate surface area is 165 Å². The lowest BCUT2D eigenvalue weighted by Crippen LogP contribution is -2.42. The number of hydrogen-bond acceptors (Lipinski definition) is 4. The van der Waals surface area contributed by atoms with Gasteiger partial charge >= 0.3 is 0 Å². The van der Waals surface area contributed by atoms with Gasteiger partial charge in [0.1, 0.15) is 5.75 Å². The summed E-state index contributed by atoms with van der Waals surface area (Å²) in [6.07, 6.45) is 5.54. The molecule has 6 heteroatoms. The molecule has 2 bridgehead atoms. The first kappa shape index (κ1) is 18.0. The lowest BCUT2D eigenvalue weighted by Gasteiger charge is -2.30. The van der Waals surface area contributed by atoms with Crippen LogP contribution >= 0.6 is 0 Å². The number of benzene rings is 1. The van der Waals surface area contributed by atoms with Crippen molar-refractivity contribution in [1.82, 2.24) is 10.2 Å². The third-order valence-corrected chi connectivity index (χ3v) is 7.20. The number of fused-ring (bicyclic) bond motifs is 1. The summed E-state index contributed by atoms with van der Waals surface area (Å²) in [6.45, 7) is 2.14. The first-order valence-corrected chi connectivity index (χ1v) is 10.6. The fraction of sp³-hybridized carbons (Fsp3) is 0.636. The molecule has 0 radical (unpaired) electrons. The van der Waals surface area contributed by atoms with Crippen LogP contribution in [0.4, 0.5) is 0 Å². The summed E-state index contributed by atoms with van der Waals surface area (Å²) in [5.74, 6) is 1.77. The van der Waals surface area contributed by atoms with Crippen molar-refractivity contribution in [2.75, 3.05) is 26.2 Å². The molecule has 3 saturated heterocycles. The Morgan fingerprint density at radius 2 is 2.04 bits per heavy atom. The van der Waals surface area contributed by atoms with Crippen LogP contribution in [0.25, 0.3) is 0 Å². The van der Waals surface area contributed by atoms with Gasteiger partial charge in [0.25, 0.3) is 5.91 Å². The SMILES string of the molecule is O=C(COc1ccccc1)NC[C@H]1[C@H]2CN(C(=O)C3CCC3)C[C@]23CC[C@H]1O3. The van der Waals surface area contributed by atoms with Gasteiger partial charge in [-0.05, 0) is 37.8 Å². The lowest BCUT2D eigenvalue weighted by atomic mass is 9.73. The maximum Gasteiger partial charge on any atom is 0.257 e. The number of rotatable bonds is 6. The Morgan fingerprint density at radius 3 is 2.79 bits per heavy atom. The fourth-order valence-corrected chi connectivity index (χ4v) is 5.49. The zero-order valence-corrected chi connectivity index (χ0v) is 16.1. The summed E-state index contributed by atoms with van der Waals surface area (Å²) in [5.41, 5.74) is -0.167. The molecule has 0 unspecified atom stereocenters. The Bertz CT molecular complexity index is 750. The number of para-hydroxylation sites is 1. The highest BCUT2D eigenvalue weighted by Crippen LogP contribution is 2.55. The highest BCUT2D eigenvalue weighted by atomic mass is 16.5. The zero-order valence-electron chi connectivity index (χ0n) is 16.1. The van der Waals surface area contributed by atoms with Gasteiger partial charge in [0, 0.05) is 30.8 Å². The first-order valence-electron chi connectivity index (χ1n) is 10.6. The molecule has 1 saturated carbocycles. The van der Waals surface area contributed by atoms with Crippen LogP contribution in [0.2, 0.25) is 0 Å². The molecule has 1 aromatic rings. The van der Waals surface area contributed by atoms with Crippen LogP contribution in [0.3, 0.4) is 0 Å². The van der Waals surface area contributed by atoms with Crippen molar-refractivity contribution in [1.29, 1.82) is 0 Å². The molecule has 4 aliphatic rings. The van der Waals surface area contributed by atoms with E-state index in [4.69, 9.17) is 9.47 Å². The van der Waals surface area contributed by atoms with E-state index in [-0.39, 0.29) is 36.1 Å². The minimum Gasteiger partial charge on any atom is -0.484 e. The number of nitrogens with zero attached hydrogens (tertiary/aromatic N) is 1. The van der Waals surface area contributed by atoms with Gasteiger partial charge in [-0.15, -0.1) is 0 Å². The number of likely N-dealkylation sites (tertiary alicyclic amines) is 1. The Kier molecular flexibility index (Phi) is 4.54. The molecule has 3 aliphatic heterocycles. The third kappa shape index (κ3) is 3.08. The molecule has 1 aliphatic carbocycles. The van der Waals surface area contributed by atoms with E-state index in [1.54, 1.807) is 0 Å². The number of nitrogens with one attached hydrogen (secondary N) is 1. The van der Waals surface area contributed by atoms with Crippen molar-refractivity contribution in [3.63, 3.8) is 0 Å². The molecule has 1 N–H and O–H groups in total. The molecular weight excluding hydrogens is 356 g/mol. The van der Waals surface area contributed by atoms with Gasteiger partial charge in [0.05, 0.1) is 18.2 Å². The van der Waals surface area contributed by atoms with Crippen molar-refractivity contribution in [2.24, 2.45) is 17.8 Å². The number of ether oxygens (including phenoxy) is 2. The second-order valence-corrected chi connectivity index (χ2v) is 8.78. The van der Waals surface area contributed by atoms with Gasteiger partial charge in [-0.2, -0.15) is 0 Å². The molecule has 0 aromatic heterocycles. The predicted molar refractivity (Wildman–Crippen MR) is 103 cm³/mol. The summed E-state index contributed by atoms with van der Waals surface area (Å²) in [4.78, 5) is 27.0. The number of carbonyl (C=O) groups is 2. The van der Waals surface area contributed by atoms with Crippen LogP contribution in [-0.2, 0) is 14.3 Å². The van der Waals surface area contributed by atoms with Crippen molar-refractivity contribution in [3.05, 3.63) is 30.3 Å². The molecule has 4 atom stereocenters. The summed E-state index contributed by atoms with van der Waals surface area (Å²) < 4.78 is 11.9. The molecule has 4 fully saturated rings. The van der Waals surface area contributed by atoms with E-state index in [2.05, 4.69) is 5.32 Å². The Balaban J connectivity index is 1.16. The topological polar surface area (TPSA) is 67.9 Å². The molecule has 28 heavy (non-hydrogen) atoms. The van der Waals surface area contributed by atoms with Gasteiger partial charge in [-0.25, -0.2) is 0 Å². The quantitative estimate of drug-likeness (QED) is 0.815. The molecule has 6 nitrogen and oxygen atoms in total. The van der Waals surface area contributed by atoms with E-state index in [0.717, 1.165) is 38.8 Å². The van der Waals surface area contributed by atoms with E-state index in [1.165, 1.54) is 6.42 Å². The van der Waals surface area contributed by atoms with Crippen molar-refractivity contribution in [3.8, 4) is 5.75 Å². The van der Waals surface area contributed by atoms with Crippen LogP contribution in [0.5, 0.6) is 5.75 Å². The van der Waals surface area contributed by atoms with Crippen LogP contribution in [-0.4, -0.2) is 54.7 Å². The molecule has 2 amide bonds. The van der Waals surface area contributed by atoms with E-state index < -0.39 is 0 Å². The van der Waals surface area contributed by atoms with E-state index in [1.807, 2.05) is 35.2 Å². The molecule has 5 rings (SSSR count). The van der Waals surface area contributed by atoms with E-state index in [0.29, 0.717) is 24.1 Å². The molecule has 150 valence electrons. The van der Waals surface area contributed by atoms with Crippen LogP contribution in [0.1, 0.15) is 32.1 Å². The van der Waals surface area contributed by atoms with Crippen molar-refractivity contribution >= 4 is 11.8 Å². The average molecular weight is 384 g/mol. The Morgan fingerprint density at radius 1 is 1.21 bits per heavy atom. The molecular formula is C22H28N2O4. The fourth-order valence-electron chi connectivity index (χ4n) is 5.49. The molecule has 3 heterocycles. The second-order valence-electron chi connectivity index (χ2n) is 8.78.